The van der Waals surface area contributed by atoms with Crippen LogP contribution in [0.2, 0.25) is 0 Å². The quantitative estimate of drug-likeness (QED) is 0.762. The zero-order chi connectivity index (χ0) is 17.9. The van der Waals surface area contributed by atoms with Crippen molar-refractivity contribution in [3.05, 3.63) is 59.7 Å². The van der Waals surface area contributed by atoms with Crippen molar-refractivity contribution in [3.63, 3.8) is 0 Å². The summed E-state index contributed by atoms with van der Waals surface area (Å²) in [6, 6.07) is 10.4. The first-order chi connectivity index (χ1) is 12.1. The van der Waals surface area contributed by atoms with Crippen LogP contribution >= 0.6 is 0 Å². The standard InChI is InChI=1S/C21H24O4/c1-15(16-7-4-3-5-8-16)17-9-6-10-18(12-11-17)19(22)25-21(13-14-21)20(23)24-2/h3-10,15,17H,11-14H2,1-2H3/t15-,17?/m1/s1. The first-order valence-electron chi connectivity index (χ1n) is 8.80. The average Bonchev–Trinajstić information content (AvgIpc) is 3.45. The molecule has 0 spiro atoms. The normalized spacial score (nSPS) is 22.3. The maximum absolute atomic E-state index is 12.4. The van der Waals surface area contributed by atoms with Crippen LogP contribution in [0.4, 0.5) is 0 Å². The van der Waals surface area contributed by atoms with Gasteiger partial charge in [-0.05, 0) is 30.2 Å². The summed E-state index contributed by atoms with van der Waals surface area (Å²) in [4.78, 5) is 24.2. The molecule has 4 nitrogen and oxygen atoms in total. The minimum Gasteiger partial charge on any atom is -0.466 e. The van der Waals surface area contributed by atoms with Crippen LogP contribution in [-0.4, -0.2) is 24.6 Å². The second kappa shape index (κ2) is 7.26. The van der Waals surface area contributed by atoms with Crippen molar-refractivity contribution in [2.24, 2.45) is 5.92 Å². The fourth-order valence-electron chi connectivity index (χ4n) is 3.30. The molecule has 0 heterocycles. The van der Waals surface area contributed by atoms with Gasteiger partial charge in [0, 0.05) is 18.4 Å². The highest BCUT2D eigenvalue weighted by Crippen LogP contribution is 2.42. The van der Waals surface area contributed by atoms with Gasteiger partial charge in [-0.3, -0.25) is 0 Å². The van der Waals surface area contributed by atoms with Gasteiger partial charge in [0.25, 0.3) is 0 Å². The predicted molar refractivity (Wildman–Crippen MR) is 94.9 cm³/mol. The lowest BCUT2D eigenvalue weighted by molar-refractivity contribution is -0.166. The Labute approximate surface area is 148 Å². The molecule has 0 aliphatic heterocycles. The van der Waals surface area contributed by atoms with E-state index in [1.54, 1.807) is 0 Å². The molecule has 3 rings (SSSR count). The fourth-order valence-corrected chi connectivity index (χ4v) is 3.30. The first-order valence-corrected chi connectivity index (χ1v) is 8.80. The van der Waals surface area contributed by atoms with E-state index in [1.165, 1.54) is 12.7 Å². The van der Waals surface area contributed by atoms with Crippen LogP contribution in [0.1, 0.15) is 44.1 Å². The Morgan fingerprint density at radius 3 is 2.56 bits per heavy atom. The second-order valence-corrected chi connectivity index (χ2v) is 6.85. The topological polar surface area (TPSA) is 52.6 Å². The molecule has 1 saturated carbocycles. The third-order valence-electron chi connectivity index (χ3n) is 5.18. The Morgan fingerprint density at radius 2 is 1.92 bits per heavy atom. The third kappa shape index (κ3) is 3.84. The second-order valence-electron chi connectivity index (χ2n) is 6.85. The van der Waals surface area contributed by atoms with Gasteiger partial charge >= 0.3 is 11.9 Å². The van der Waals surface area contributed by atoms with Crippen LogP contribution in [0.5, 0.6) is 0 Å². The Morgan fingerprint density at radius 1 is 1.20 bits per heavy atom. The molecular weight excluding hydrogens is 316 g/mol. The van der Waals surface area contributed by atoms with Crippen LogP contribution in [0.25, 0.3) is 0 Å². The van der Waals surface area contributed by atoms with Crippen LogP contribution in [0, 0.1) is 5.92 Å². The van der Waals surface area contributed by atoms with Gasteiger partial charge in [-0.25, -0.2) is 9.59 Å². The minimum atomic E-state index is -1.04. The summed E-state index contributed by atoms with van der Waals surface area (Å²) >= 11 is 0. The van der Waals surface area contributed by atoms with E-state index in [0.717, 1.165) is 6.42 Å². The number of ether oxygens (including phenoxy) is 2. The number of carbonyl (C=O) groups excluding carboxylic acids is 2. The molecule has 0 bridgehead atoms. The largest absolute Gasteiger partial charge is 0.466 e. The number of hydrogen-bond donors (Lipinski definition) is 0. The number of allylic oxidation sites excluding steroid dienone is 3. The van der Waals surface area contributed by atoms with E-state index in [-0.39, 0.29) is 0 Å². The molecule has 2 aliphatic carbocycles. The summed E-state index contributed by atoms with van der Waals surface area (Å²) in [6.07, 6.45) is 8.51. The number of esters is 2. The number of carbonyl (C=O) groups is 2. The molecule has 1 aromatic rings. The Hall–Kier alpha value is -2.36. The highest BCUT2D eigenvalue weighted by Gasteiger charge is 2.55. The number of hydrogen-bond acceptors (Lipinski definition) is 4. The van der Waals surface area contributed by atoms with Gasteiger partial charge in [0.15, 0.2) is 0 Å². The summed E-state index contributed by atoms with van der Waals surface area (Å²) in [5, 5.41) is 0. The van der Waals surface area contributed by atoms with Gasteiger partial charge in [0.1, 0.15) is 0 Å². The molecular formula is C21H24O4. The SMILES string of the molecule is COC(=O)C1(OC(=O)C2=CC=CC([C@H](C)c3ccccc3)CC2)CC1. The summed E-state index contributed by atoms with van der Waals surface area (Å²) in [5.74, 6) is -0.118. The molecule has 0 saturated heterocycles. The van der Waals surface area contributed by atoms with Gasteiger partial charge in [-0.2, -0.15) is 0 Å². The molecule has 25 heavy (non-hydrogen) atoms. The smallest absolute Gasteiger partial charge is 0.350 e. The van der Waals surface area contributed by atoms with Gasteiger partial charge in [0.05, 0.1) is 7.11 Å². The van der Waals surface area contributed by atoms with Crippen molar-refractivity contribution < 1.29 is 19.1 Å². The average molecular weight is 340 g/mol. The molecule has 0 N–H and O–H groups in total. The number of rotatable bonds is 5. The van der Waals surface area contributed by atoms with E-state index in [0.29, 0.717) is 36.7 Å². The van der Waals surface area contributed by atoms with Crippen molar-refractivity contribution in [1.29, 1.82) is 0 Å². The summed E-state index contributed by atoms with van der Waals surface area (Å²) in [7, 11) is 1.32. The highest BCUT2D eigenvalue weighted by molar-refractivity contribution is 5.93. The van der Waals surface area contributed by atoms with Crippen LogP contribution in [0.15, 0.2) is 54.1 Å². The minimum absolute atomic E-state index is 0.361. The van der Waals surface area contributed by atoms with E-state index in [4.69, 9.17) is 9.47 Å². The van der Waals surface area contributed by atoms with Crippen LogP contribution in [-0.2, 0) is 19.1 Å². The lowest BCUT2D eigenvalue weighted by atomic mass is 9.84. The van der Waals surface area contributed by atoms with Crippen molar-refractivity contribution >= 4 is 11.9 Å². The van der Waals surface area contributed by atoms with Crippen LogP contribution in [0.3, 0.4) is 0 Å². The van der Waals surface area contributed by atoms with Gasteiger partial charge < -0.3 is 9.47 Å². The Kier molecular flexibility index (Phi) is 5.07. The first kappa shape index (κ1) is 17.5. The molecule has 0 aromatic heterocycles. The van der Waals surface area contributed by atoms with Crippen molar-refractivity contribution in [3.8, 4) is 0 Å². The molecule has 2 atom stereocenters. The molecule has 1 unspecified atom stereocenters. The maximum Gasteiger partial charge on any atom is 0.350 e. The van der Waals surface area contributed by atoms with E-state index >= 15 is 0 Å². The summed E-state index contributed by atoms with van der Waals surface area (Å²) < 4.78 is 10.2. The monoisotopic (exact) mass is 340 g/mol. The predicted octanol–water partition coefficient (Wildman–Crippen LogP) is 3.93. The molecule has 0 amide bonds. The molecule has 4 heteroatoms. The van der Waals surface area contributed by atoms with E-state index in [9.17, 15) is 9.59 Å². The van der Waals surface area contributed by atoms with Gasteiger partial charge in [0.2, 0.25) is 5.60 Å². The molecule has 1 aromatic carbocycles. The summed E-state index contributed by atoms with van der Waals surface area (Å²) in [6.45, 7) is 2.21. The molecule has 2 aliphatic rings. The van der Waals surface area contributed by atoms with Crippen molar-refractivity contribution in [2.45, 2.75) is 44.1 Å². The number of benzene rings is 1. The van der Waals surface area contributed by atoms with Gasteiger partial charge in [-0.1, -0.05) is 55.5 Å². The maximum atomic E-state index is 12.4. The molecule has 1 fully saturated rings. The Bertz CT molecular complexity index is 698. The lowest BCUT2D eigenvalue weighted by Gasteiger charge is -2.21. The van der Waals surface area contributed by atoms with Crippen molar-refractivity contribution in [1.82, 2.24) is 0 Å². The zero-order valence-corrected chi connectivity index (χ0v) is 14.7. The fraction of sp³-hybridized carbons (Fsp3) is 0.429. The summed E-state index contributed by atoms with van der Waals surface area (Å²) in [5.41, 5.74) is 0.874. The van der Waals surface area contributed by atoms with Crippen molar-refractivity contribution in [2.75, 3.05) is 7.11 Å². The van der Waals surface area contributed by atoms with E-state index < -0.39 is 17.5 Å². The molecule has 132 valence electrons. The number of methoxy groups -OCH3 is 1. The lowest BCUT2D eigenvalue weighted by Crippen LogP contribution is -2.31. The van der Waals surface area contributed by atoms with Gasteiger partial charge in [-0.15, -0.1) is 0 Å². The molecule has 0 radical (unpaired) electrons. The van der Waals surface area contributed by atoms with E-state index in [2.05, 4.69) is 37.3 Å². The third-order valence-corrected chi connectivity index (χ3v) is 5.18. The highest BCUT2D eigenvalue weighted by atomic mass is 16.6. The zero-order valence-electron chi connectivity index (χ0n) is 14.7. The Balaban J connectivity index is 1.61. The van der Waals surface area contributed by atoms with Crippen LogP contribution < -0.4 is 0 Å². The van der Waals surface area contributed by atoms with E-state index in [1.807, 2.05) is 18.2 Å².